The lowest BCUT2D eigenvalue weighted by Gasteiger charge is -2.29. The lowest BCUT2D eigenvalue weighted by atomic mass is 9.78. The predicted octanol–water partition coefficient (Wildman–Crippen LogP) is 1.53. The number of hydrogen-bond acceptors (Lipinski definition) is 5. The zero-order valence-corrected chi connectivity index (χ0v) is 13.0. The van der Waals surface area contributed by atoms with Crippen LogP contribution in [0.15, 0.2) is 18.2 Å². The van der Waals surface area contributed by atoms with E-state index in [-0.39, 0.29) is 11.8 Å². The van der Waals surface area contributed by atoms with Crippen molar-refractivity contribution in [2.45, 2.75) is 25.3 Å². The highest BCUT2D eigenvalue weighted by molar-refractivity contribution is 5.93. The molecule has 0 aromatic heterocycles. The zero-order chi connectivity index (χ0) is 15.5. The smallest absolute Gasteiger partial charge is 0.227 e. The summed E-state index contributed by atoms with van der Waals surface area (Å²) >= 11 is 0. The topological polar surface area (TPSA) is 71.6 Å². The average molecular weight is 305 g/mol. The molecule has 120 valence electrons. The molecule has 2 fully saturated rings. The normalized spacial score (nSPS) is 27.1. The van der Waals surface area contributed by atoms with Gasteiger partial charge in [0.2, 0.25) is 5.91 Å². The van der Waals surface area contributed by atoms with Crippen LogP contribution < -0.4 is 25.6 Å². The molecule has 3 atom stereocenters. The predicted molar refractivity (Wildman–Crippen MR) is 83.9 cm³/mol. The Morgan fingerprint density at radius 1 is 1.23 bits per heavy atom. The van der Waals surface area contributed by atoms with Crippen LogP contribution in [0.2, 0.25) is 0 Å². The second-order valence-corrected chi connectivity index (χ2v) is 5.96. The molecule has 3 N–H and O–H groups in total. The van der Waals surface area contributed by atoms with Crippen molar-refractivity contribution >= 4 is 11.6 Å². The summed E-state index contributed by atoms with van der Waals surface area (Å²) in [5.74, 6) is 2.00. The molecular weight excluding hydrogens is 282 g/mol. The molecule has 1 aliphatic heterocycles. The van der Waals surface area contributed by atoms with Crippen molar-refractivity contribution in [1.29, 1.82) is 0 Å². The molecule has 6 heteroatoms. The number of methoxy groups -OCH3 is 2. The van der Waals surface area contributed by atoms with E-state index in [1.54, 1.807) is 26.4 Å². The molecule has 1 aromatic rings. The molecule has 6 nitrogen and oxygen atoms in total. The third-order valence-corrected chi connectivity index (χ3v) is 4.66. The molecule has 3 unspecified atom stereocenters. The third kappa shape index (κ3) is 3.03. The molecular formula is C16H23N3O3. The number of carbonyl (C=O) groups excluding carboxylic acids is 1. The summed E-state index contributed by atoms with van der Waals surface area (Å²) in [6.07, 6.45) is 2.90. The highest BCUT2D eigenvalue weighted by Gasteiger charge is 2.36. The molecule has 0 spiro atoms. The first kappa shape index (κ1) is 15.1. The van der Waals surface area contributed by atoms with E-state index in [0.29, 0.717) is 23.5 Å². The standard InChI is InChI=1S/C16H23N3O3/c1-21-14-6-4-12(8-15(14)22-2)18-16(20)10-3-5-13-11(7-10)9-17-19-13/h4,6,8,10-11,13,17,19H,3,5,7,9H2,1-2H3,(H,18,20). The minimum absolute atomic E-state index is 0.0797. The van der Waals surface area contributed by atoms with E-state index in [1.807, 2.05) is 6.07 Å². The maximum Gasteiger partial charge on any atom is 0.227 e. The van der Waals surface area contributed by atoms with E-state index in [9.17, 15) is 4.79 Å². The summed E-state index contributed by atoms with van der Waals surface area (Å²) in [5.41, 5.74) is 7.22. The first-order valence-corrected chi connectivity index (χ1v) is 7.72. The molecule has 0 bridgehead atoms. The van der Waals surface area contributed by atoms with Gasteiger partial charge < -0.3 is 14.8 Å². The first-order valence-electron chi connectivity index (χ1n) is 7.72. The summed E-state index contributed by atoms with van der Waals surface area (Å²) in [6, 6.07) is 5.95. The van der Waals surface area contributed by atoms with Crippen LogP contribution in [0.4, 0.5) is 5.69 Å². The molecule has 1 aromatic carbocycles. The van der Waals surface area contributed by atoms with Gasteiger partial charge in [-0.15, -0.1) is 0 Å². The van der Waals surface area contributed by atoms with Gasteiger partial charge in [0.05, 0.1) is 14.2 Å². The molecule has 0 radical (unpaired) electrons. The SMILES string of the molecule is COc1ccc(NC(=O)C2CCC3NNCC3C2)cc1OC. The number of ether oxygens (including phenoxy) is 2. The molecule has 3 rings (SSSR count). The van der Waals surface area contributed by atoms with Gasteiger partial charge in [-0.25, -0.2) is 0 Å². The molecule has 1 aliphatic carbocycles. The number of amides is 1. The minimum Gasteiger partial charge on any atom is -0.493 e. The lowest BCUT2D eigenvalue weighted by Crippen LogP contribution is -2.38. The van der Waals surface area contributed by atoms with E-state index in [4.69, 9.17) is 9.47 Å². The number of hydrazine groups is 1. The Hall–Kier alpha value is -1.79. The monoisotopic (exact) mass is 305 g/mol. The van der Waals surface area contributed by atoms with Crippen LogP contribution in [0.1, 0.15) is 19.3 Å². The van der Waals surface area contributed by atoms with E-state index < -0.39 is 0 Å². The fourth-order valence-corrected chi connectivity index (χ4v) is 3.40. The van der Waals surface area contributed by atoms with Gasteiger partial charge >= 0.3 is 0 Å². The zero-order valence-electron chi connectivity index (χ0n) is 13.0. The van der Waals surface area contributed by atoms with Crippen LogP contribution in [-0.4, -0.2) is 32.7 Å². The van der Waals surface area contributed by atoms with Crippen molar-refractivity contribution in [2.24, 2.45) is 11.8 Å². The third-order valence-electron chi connectivity index (χ3n) is 4.66. The highest BCUT2D eigenvalue weighted by atomic mass is 16.5. The van der Waals surface area contributed by atoms with Gasteiger partial charge in [0.25, 0.3) is 0 Å². The minimum atomic E-state index is 0.0797. The van der Waals surface area contributed by atoms with E-state index >= 15 is 0 Å². The number of benzene rings is 1. The second-order valence-electron chi connectivity index (χ2n) is 5.96. The van der Waals surface area contributed by atoms with Gasteiger partial charge in [0.1, 0.15) is 0 Å². The number of hydrogen-bond donors (Lipinski definition) is 3. The van der Waals surface area contributed by atoms with E-state index in [2.05, 4.69) is 16.2 Å². The van der Waals surface area contributed by atoms with Crippen molar-refractivity contribution < 1.29 is 14.3 Å². The Morgan fingerprint density at radius 2 is 2.05 bits per heavy atom. The van der Waals surface area contributed by atoms with Gasteiger partial charge in [0, 0.05) is 30.3 Å². The Balaban J connectivity index is 1.64. The number of carbonyl (C=O) groups is 1. The Morgan fingerprint density at radius 3 is 2.82 bits per heavy atom. The van der Waals surface area contributed by atoms with Crippen molar-refractivity contribution in [3.8, 4) is 11.5 Å². The van der Waals surface area contributed by atoms with Crippen molar-refractivity contribution in [3.63, 3.8) is 0 Å². The quantitative estimate of drug-likeness (QED) is 0.787. The maximum atomic E-state index is 12.5. The molecule has 2 aliphatic rings. The first-order chi connectivity index (χ1) is 10.7. The van der Waals surface area contributed by atoms with Crippen molar-refractivity contribution in [1.82, 2.24) is 10.9 Å². The maximum absolute atomic E-state index is 12.5. The van der Waals surface area contributed by atoms with Gasteiger partial charge in [-0.05, 0) is 37.3 Å². The van der Waals surface area contributed by atoms with Crippen molar-refractivity contribution in [2.75, 3.05) is 26.1 Å². The van der Waals surface area contributed by atoms with E-state index in [0.717, 1.165) is 31.5 Å². The summed E-state index contributed by atoms with van der Waals surface area (Å²) in [6.45, 7) is 0.949. The van der Waals surface area contributed by atoms with Gasteiger partial charge in [0.15, 0.2) is 11.5 Å². The second kappa shape index (κ2) is 6.54. The molecule has 1 saturated carbocycles. The van der Waals surface area contributed by atoms with Gasteiger partial charge in [-0.1, -0.05) is 0 Å². The Bertz CT molecular complexity index is 549. The summed E-state index contributed by atoms with van der Waals surface area (Å²) < 4.78 is 10.5. The van der Waals surface area contributed by atoms with Crippen LogP contribution in [0.25, 0.3) is 0 Å². The highest BCUT2D eigenvalue weighted by Crippen LogP contribution is 2.33. The number of fused-ring (bicyclic) bond motifs is 1. The average Bonchev–Trinajstić information content (AvgIpc) is 3.02. The number of rotatable bonds is 4. The Kier molecular flexibility index (Phi) is 4.49. The van der Waals surface area contributed by atoms with Gasteiger partial charge in [-0.2, -0.15) is 0 Å². The number of anilines is 1. The van der Waals surface area contributed by atoms with Crippen LogP contribution in [-0.2, 0) is 4.79 Å². The summed E-state index contributed by atoms with van der Waals surface area (Å²) in [4.78, 5) is 12.5. The van der Waals surface area contributed by atoms with Gasteiger partial charge in [-0.3, -0.25) is 15.6 Å². The van der Waals surface area contributed by atoms with Crippen LogP contribution in [0, 0.1) is 11.8 Å². The van der Waals surface area contributed by atoms with Crippen molar-refractivity contribution in [3.05, 3.63) is 18.2 Å². The molecule has 22 heavy (non-hydrogen) atoms. The largest absolute Gasteiger partial charge is 0.493 e. The molecule has 1 heterocycles. The fraction of sp³-hybridized carbons (Fsp3) is 0.562. The summed E-state index contributed by atoms with van der Waals surface area (Å²) in [7, 11) is 3.18. The van der Waals surface area contributed by atoms with Crippen LogP contribution in [0.5, 0.6) is 11.5 Å². The fourth-order valence-electron chi connectivity index (χ4n) is 3.40. The summed E-state index contributed by atoms with van der Waals surface area (Å²) in [5, 5.41) is 3.00. The van der Waals surface area contributed by atoms with Crippen LogP contribution >= 0.6 is 0 Å². The molecule has 1 amide bonds. The van der Waals surface area contributed by atoms with E-state index in [1.165, 1.54) is 0 Å². The lowest BCUT2D eigenvalue weighted by molar-refractivity contribution is -0.121. The number of nitrogens with one attached hydrogen (secondary N) is 3. The Labute approximate surface area is 130 Å². The van der Waals surface area contributed by atoms with Crippen LogP contribution in [0.3, 0.4) is 0 Å². The molecule has 1 saturated heterocycles.